The Balaban J connectivity index is 1.50. The highest BCUT2D eigenvalue weighted by atomic mass is 32.2. The number of carbonyl (C=O) groups excluding carboxylic acids is 2. The minimum atomic E-state index is -0.557. The third-order valence-electron chi connectivity index (χ3n) is 5.25. The number of thioether (sulfide) groups is 1. The molecule has 0 aromatic heterocycles. The maximum Gasteiger partial charge on any atom is 0.242 e. The molecule has 8 heteroatoms. The van der Waals surface area contributed by atoms with Gasteiger partial charge in [-0.2, -0.15) is 0 Å². The highest BCUT2D eigenvalue weighted by Crippen LogP contribution is 2.33. The molecule has 0 aliphatic carbocycles. The Morgan fingerprint density at radius 2 is 1.56 bits per heavy atom. The standard InChI is InChI=1S/C26H25N3O4S/c1-32-21-12-8-18(9-13-21)17-29-25(31)23(34-26(29)28-19-6-4-3-5-7-19)16-24(30)27-20-10-14-22(33-2)15-11-20/h3-15,23H,16-17H2,1-2H3,(H,27,30)/t23-/m0/s1. The van der Waals surface area contributed by atoms with Crippen LogP contribution < -0.4 is 14.8 Å². The van der Waals surface area contributed by atoms with Crippen molar-refractivity contribution < 1.29 is 19.1 Å². The van der Waals surface area contributed by atoms with Crippen LogP contribution in [0.1, 0.15) is 12.0 Å². The minimum Gasteiger partial charge on any atom is -0.497 e. The summed E-state index contributed by atoms with van der Waals surface area (Å²) in [5.41, 5.74) is 2.34. The number of benzene rings is 3. The molecule has 3 aromatic rings. The molecule has 1 heterocycles. The molecule has 2 amide bonds. The van der Waals surface area contributed by atoms with Gasteiger partial charge in [-0.15, -0.1) is 0 Å². The number of methoxy groups -OCH3 is 2. The monoisotopic (exact) mass is 475 g/mol. The van der Waals surface area contributed by atoms with Crippen LogP contribution in [0.3, 0.4) is 0 Å². The number of amidine groups is 1. The van der Waals surface area contributed by atoms with E-state index >= 15 is 0 Å². The number of hydrogen-bond donors (Lipinski definition) is 1. The van der Waals surface area contributed by atoms with Gasteiger partial charge < -0.3 is 14.8 Å². The number of amides is 2. The van der Waals surface area contributed by atoms with Gasteiger partial charge in [0, 0.05) is 12.1 Å². The van der Waals surface area contributed by atoms with E-state index in [0.717, 1.165) is 17.0 Å². The first-order chi connectivity index (χ1) is 16.6. The fraction of sp³-hybridized carbons (Fsp3) is 0.192. The first-order valence-electron chi connectivity index (χ1n) is 10.7. The van der Waals surface area contributed by atoms with Gasteiger partial charge in [0.05, 0.1) is 26.5 Å². The fourth-order valence-corrected chi connectivity index (χ4v) is 4.61. The van der Waals surface area contributed by atoms with Crippen LogP contribution in [-0.4, -0.2) is 41.4 Å². The zero-order chi connectivity index (χ0) is 23.9. The van der Waals surface area contributed by atoms with E-state index in [1.165, 1.54) is 11.8 Å². The lowest BCUT2D eigenvalue weighted by Gasteiger charge is -2.17. The number of nitrogens with one attached hydrogen (secondary N) is 1. The lowest BCUT2D eigenvalue weighted by Crippen LogP contribution is -2.33. The molecule has 1 aliphatic heterocycles. The van der Waals surface area contributed by atoms with Crippen LogP contribution >= 0.6 is 11.8 Å². The molecule has 34 heavy (non-hydrogen) atoms. The van der Waals surface area contributed by atoms with Crippen LogP contribution in [-0.2, 0) is 16.1 Å². The van der Waals surface area contributed by atoms with Gasteiger partial charge in [-0.3, -0.25) is 14.5 Å². The number of ether oxygens (including phenoxy) is 2. The van der Waals surface area contributed by atoms with E-state index in [9.17, 15) is 9.59 Å². The maximum atomic E-state index is 13.3. The summed E-state index contributed by atoms with van der Waals surface area (Å²) >= 11 is 1.31. The van der Waals surface area contributed by atoms with Crippen LogP contribution in [0.4, 0.5) is 11.4 Å². The Hall–Kier alpha value is -3.78. The van der Waals surface area contributed by atoms with Crippen LogP contribution in [0.2, 0.25) is 0 Å². The average Bonchev–Trinajstić information content (AvgIpc) is 3.14. The molecule has 0 spiro atoms. The minimum absolute atomic E-state index is 0.0441. The molecule has 0 radical (unpaired) electrons. The number of anilines is 1. The van der Waals surface area contributed by atoms with Crippen molar-refractivity contribution in [2.45, 2.75) is 18.2 Å². The molecular weight excluding hydrogens is 450 g/mol. The molecule has 0 saturated carbocycles. The summed E-state index contributed by atoms with van der Waals surface area (Å²) < 4.78 is 10.4. The molecule has 7 nitrogen and oxygen atoms in total. The SMILES string of the molecule is COc1ccc(CN2C(=O)[C@H](CC(=O)Nc3ccc(OC)cc3)SC2=Nc2ccccc2)cc1. The molecule has 3 aromatic carbocycles. The van der Waals surface area contributed by atoms with E-state index in [1.54, 1.807) is 43.4 Å². The summed E-state index contributed by atoms with van der Waals surface area (Å²) in [4.78, 5) is 32.3. The van der Waals surface area contributed by atoms with Crippen molar-refractivity contribution in [1.82, 2.24) is 4.90 Å². The lowest BCUT2D eigenvalue weighted by molar-refractivity contribution is -0.128. The van der Waals surface area contributed by atoms with Crippen LogP contribution in [0.25, 0.3) is 0 Å². The Morgan fingerprint density at radius 3 is 2.18 bits per heavy atom. The predicted molar refractivity (Wildman–Crippen MR) is 135 cm³/mol. The van der Waals surface area contributed by atoms with Gasteiger partial charge in [-0.05, 0) is 54.1 Å². The van der Waals surface area contributed by atoms with E-state index < -0.39 is 5.25 Å². The van der Waals surface area contributed by atoms with Gasteiger partial charge in [0.1, 0.15) is 16.7 Å². The Morgan fingerprint density at radius 1 is 0.941 bits per heavy atom. The molecular formula is C26H25N3O4S. The van der Waals surface area contributed by atoms with Crippen molar-refractivity contribution in [3.05, 3.63) is 84.4 Å². The Bertz CT molecular complexity index is 1160. The number of para-hydroxylation sites is 1. The third-order valence-corrected chi connectivity index (χ3v) is 6.42. The van der Waals surface area contributed by atoms with Gasteiger partial charge in [-0.1, -0.05) is 42.1 Å². The molecule has 1 aliphatic rings. The van der Waals surface area contributed by atoms with E-state index in [1.807, 2.05) is 54.6 Å². The van der Waals surface area contributed by atoms with E-state index in [4.69, 9.17) is 14.5 Å². The predicted octanol–water partition coefficient (Wildman–Crippen LogP) is 4.86. The smallest absolute Gasteiger partial charge is 0.242 e. The second kappa shape index (κ2) is 10.9. The highest BCUT2D eigenvalue weighted by Gasteiger charge is 2.39. The maximum absolute atomic E-state index is 13.3. The van der Waals surface area contributed by atoms with Gasteiger partial charge in [0.2, 0.25) is 11.8 Å². The molecule has 1 atom stereocenters. The largest absolute Gasteiger partial charge is 0.497 e. The second-order valence-electron chi connectivity index (χ2n) is 7.59. The normalized spacial score (nSPS) is 16.5. The van der Waals surface area contributed by atoms with Gasteiger partial charge in [0.15, 0.2) is 5.17 Å². The van der Waals surface area contributed by atoms with Crippen LogP contribution in [0.5, 0.6) is 11.5 Å². The van der Waals surface area contributed by atoms with Crippen molar-refractivity contribution in [2.24, 2.45) is 4.99 Å². The molecule has 1 N–H and O–H groups in total. The second-order valence-corrected chi connectivity index (χ2v) is 8.76. The molecule has 1 saturated heterocycles. The van der Waals surface area contributed by atoms with Crippen molar-refractivity contribution in [3.8, 4) is 11.5 Å². The van der Waals surface area contributed by atoms with Crippen molar-refractivity contribution in [1.29, 1.82) is 0 Å². The topological polar surface area (TPSA) is 80.2 Å². The Labute approximate surface area is 202 Å². The zero-order valence-corrected chi connectivity index (χ0v) is 19.7. The highest BCUT2D eigenvalue weighted by molar-refractivity contribution is 8.15. The molecule has 4 rings (SSSR count). The number of aliphatic imine (C=N–C) groups is 1. The summed E-state index contributed by atoms with van der Waals surface area (Å²) in [5, 5.41) is 2.87. The average molecular weight is 476 g/mol. The molecule has 0 bridgehead atoms. The van der Waals surface area contributed by atoms with E-state index in [2.05, 4.69) is 5.32 Å². The summed E-state index contributed by atoms with van der Waals surface area (Å²) in [5.74, 6) is 1.08. The van der Waals surface area contributed by atoms with Crippen molar-refractivity contribution in [3.63, 3.8) is 0 Å². The first-order valence-corrected chi connectivity index (χ1v) is 11.6. The van der Waals surface area contributed by atoms with Crippen LogP contribution in [0.15, 0.2) is 83.9 Å². The van der Waals surface area contributed by atoms with E-state index in [-0.39, 0.29) is 18.2 Å². The number of rotatable bonds is 8. The summed E-state index contributed by atoms with van der Waals surface area (Å²) in [6.45, 7) is 0.359. The lowest BCUT2D eigenvalue weighted by atomic mass is 10.2. The van der Waals surface area contributed by atoms with E-state index in [0.29, 0.717) is 23.1 Å². The van der Waals surface area contributed by atoms with Gasteiger partial charge in [0.25, 0.3) is 0 Å². The number of hydrogen-bond acceptors (Lipinski definition) is 6. The van der Waals surface area contributed by atoms with Crippen molar-refractivity contribution >= 4 is 40.1 Å². The zero-order valence-electron chi connectivity index (χ0n) is 18.9. The first kappa shape index (κ1) is 23.4. The number of carbonyl (C=O) groups is 2. The van der Waals surface area contributed by atoms with Crippen LogP contribution in [0, 0.1) is 0 Å². The Kier molecular flexibility index (Phi) is 7.49. The van der Waals surface area contributed by atoms with Crippen molar-refractivity contribution in [2.75, 3.05) is 19.5 Å². The fourth-order valence-electron chi connectivity index (χ4n) is 3.45. The summed E-state index contributed by atoms with van der Waals surface area (Å²) in [7, 11) is 3.20. The summed E-state index contributed by atoms with van der Waals surface area (Å²) in [6, 6.07) is 24.1. The number of nitrogens with zero attached hydrogens (tertiary/aromatic N) is 2. The molecule has 174 valence electrons. The van der Waals surface area contributed by atoms with Gasteiger partial charge >= 0.3 is 0 Å². The third kappa shape index (κ3) is 5.77. The quantitative estimate of drug-likeness (QED) is 0.503. The molecule has 1 fully saturated rings. The van der Waals surface area contributed by atoms with Gasteiger partial charge in [-0.25, -0.2) is 4.99 Å². The molecule has 0 unspecified atom stereocenters. The summed E-state index contributed by atoms with van der Waals surface area (Å²) in [6.07, 6.45) is 0.0441.